The molecule has 2 heterocycles. The third-order valence-corrected chi connectivity index (χ3v) is 6.52. The van der Waals surface area contributed by atoms with Crippen molar-refractivity contribution in [2.75, 3.05) is 17.0 Å². The Kier molecular flexibility index (Phi) is 5.23. The maximum atomic E-state index is 13.8. The van der Waals surface area contributed by atoms with E-state index in [9.17, 15) is 9.59 Å². The Hall–Kier alpha value is -3.16. The van der Waals surface area contributed by atoms with Crippen molar-refractivity contribution in [3.8, 4) is 0 Å². The van der Waals surface area contributed by atoms with Crippen molar-refractivity contribution in [1.82, 2.24) is 0 Å². The molecule has 2 aliphatic rings. The number of amides is 1. The SMILES string of the molecule is CCOC(=O)[C@@H]1ON(c2ccccc2)[C@H](c2ccc(Br)cc2)C12C(=O)Nc1ccccc12. The molecule has 1 spiro atoms. The molecule has 0 aliphatic carbocycles. The van der Waals surface area contributed by atoms with Crippen LogP contribution in [-0.4, -0.2) is 24.6 Å². The summed E-state index contributed by atoms with van der Waals surface area (Å²) in [7, 11) is 0. The number of carbonyl (C=O) groups is 2. The smallest absolute Gasteiger partial charge is 0.339 e. The Balaban J connectivity index is 1.79. The molecule has 6 nitrogen and oxygen atoms in total. The fraction of sp³-hybridized carbons (Fsp3) is 0.200. The lowest BCUT2D eigenvalue weighted by Crippen LogP contribution is -2.50. The zero-order chi connectivity index (χ0) is 22.3. The van der Waals surface area contributed by atoms with E-state index in [4.69, 9.17) is 9.57 Å². The first kappa shape index (κ1) is 20.7. The lowest BCUT2D eigenvalue weighted by molar-refractivity contribution is -0.159. The summed E-state index contributed by atoms with van der Waals surface area (Å²) in [5, 5.41) is 4.65. The number of hydrogen-bond acceptors (Lipinski definition) is 5. The lowest BCUT2D eigenvalue weighted by atomic mass is 9.69. The van der Waals surface area contributed by atoms with Gasteiger partial charge in [0.15, 0.2) is 0 Å². The molecule has 0 saturated carbocycles. The van der Waals surface area contributed by atoms with Crippen LogP contribution in [0.1, 0.15) is 24.1 Å². The number of anilines is 2. The van der Waals surface area contributed by atoms with Gasteiger partial charge in [0.25, 0.3) is 0 Å². The molecule has 162 valence electrons. The Labute approximate surface area is 194 Å². The molecule has 0 bridgehead atoms. The summed E-state index contributed by atoms with van der Waals surface area (Å²) < 4.78 is 6.30. The van der Waals surface area contributed by atoms with Crippen molar-refractivity contribution >= 4 is 39.2 Å². The number of benzene rings is 3. The number of carbonyl (C=O) groups excluding carboxylic acids is 2. The van der Waals surface area contributed by atoms with E-state index < -0.39 is 23.5 Å². The van der Waals surface area contributed by atoms with E-state index in [2.05, 4.69) is 21.2 Å². The molecule has 1 amide bonds. The highest BCUT2D eigenvalue weighted by molar-refractivity contribution is 9.10. The molecule has 32 heavy (non-hydrogen) atoms. The molecule has 1 unspecified atom stereocenters. The summed E-state index contributed by atoms with van der Waals surface area (Å²) in [4.78, 5) is 33.3. The molecule has 5 rings (SSSR count). The van der Waals surface area contributed by atoms with Crippen molar-refractivity contribution in [3.05, 3.63) is 94.5 Å². The second-order valence-electron chi connectivity index (χ2n) is 7.72. The van der Waals surface area contributed by atoms with Crippen LogP contribution in [0.2, 0.25) is 0 Å². The Morgan fingerprint density at radius 3 is 2.47 bits per heavy atom. The van der Waals surface area contributed by atoms with E-state index >= 15 is 0 Å². The number of nitrogens with one attached hydrogen (secondary N) is 1. The van der Waals surface area contributed by atoms with E-state index in [0.717, 1.165) is 21.3 Å². The first-order chi connectivity index (χ1) is 15.6. The molecule has 3 aromatic rings. The maximum absolute atomic E-state index is 13.8. The Morgan fingerprint density at radius 2 is 1.75 bits per heavy atom. The molecule has 3 atom stereocenters. The fourth-order valence-corrected chi connectivity index (χ4v) is 4.96. The Bertz CT molecular complexity index is 1170. The van der Waals surface area contributed by atoms with Crippen LogP contribution in [0.25, 0.3) is 0 Å². The summed E-state index contributed by atoms with van der Waals surface area (Å²) in [6.45, 7) is 1.93. The van der Waals surface area contributed by atoms with Crippen LogP contribution >= 0.6 is 15.9 Å². The molecule has 0 aromatic heterocycles. The van der Waals surface area contributed by atoms with E-state index in [1.54, 1.807) is 12.0 Å². The van der Waals surface area contributed by atoms with Gasteiger partial charge in [0.05, 0.1) is 12.3 Å². The van der Waals surface area contributed by atoms with Gasteiger partial charge in [-0.05, 0) is 48.4 Å². The van der Waals surface area contributed by atoms with Crippen LogP contribution in [-0.2, 0) is 24.6 Å². The van der Waals surface area contributed by atoms with Gasteiger partial charge < -0.3 is 10.1 Å². The number of para-hydroxylation sites is 2. The van der Waals surface area contributed by atoms with Gasteiger partial charge in [-0.15, -0.1) is 0 Å². The zero-order valence-corrected chi connectivity index (χ0v) is 18.9. The minimum atomic E-state index is -1.33. The monoisotopic (exact) mass is 492 g/mol. The third-order valence-electron chi connectivity index (χ3n) is 5.99. The van der Waals surface area contributed by atoms with E-state index in [1.807, 2.05) is 78.9 Å². The van der Waals surface area contributed by atoms with Gasteiger partial charge in [0, 0.05) is 10.2 Å². The first-order valence-electron chi connectivity index (χ1n) is 10.4. The van der Waals surface area contributed by atoms with Crippen LogP contribution in [0.5, 0.6) is 0 Å². The topological polar surface area (TPSA) is 67.9 Å². The molecular weight excluding hydrogens is 472 g/mol. The minimum Gasteiger partial charge on any atom is -0.464 e. The van der Waals surface area contributed by atoms with E-state index in [1.165, 1.54) is 0 Å². The fourth-order valence-electron chi connectivity index (χ4n) is 4.69. The minimum absolute atomic E-state index is 0.187. The van der Waals surface area contributed by atoms with Crippen molar-refractivity contribution < 1.29 is 19.2 Å². The van der Waals surface area contributed by atoms with Crippen LogP contribution in [0, 0.1) is 0 Å². The average Bonchev–Trinajstić information content (AvgIpc) is 3.32. The zero-order valence-electron chi connectivity index (χ0n) is 17.3. The molecular formula is C25H21BrN2O4. The highest BCUT2D eigenvalue weighted by Gasteiger charge is 2.68. The number of ether oxygens (including phenoxy) is 1. The standard InChI is InChI=1S/C25H21BrN2O4/c1-2-31-23(29)22-25(19-10-6-7-11-20(19)27-24(25)30)21(16-12-14-17(26)15-13-16)28(32-22)18-8-4-3-5-9-18/h3-15,21-22H,2H2,1H3,(H,27,30)/t21-,22+,25?/m1/s1. The van der Waals surface area contributed by atoms with Crippen molar-refractivity contribution in [2.24, 2.45) is 0 Å². The highest BCUT2D eigenvalue weighted by Crippen LogP contribution is 2.57. The van der Waals surface area contributed by atoms with Crippen LogP contribution < -0.4 is 10.4 Å². The van der Waals surface area contributed by atoms with Crippen LogP contribution in [0.4, 0.5) is 11.4 Å². The van der Waals surface area contributed by atoms with Gasteiger partial charge in [-0.2, -0.15) is 0 Å². The van der Waals surface area contributed by atoms with E-state index in [0.29, 0.717) is 5.69 Å². The van der Waals surface area contributed by atoms with Crippen molar-refractivity contribution in [1.29, 1.82) is 0 Å². The number of fused-ring (bicyclic) bond motifs is 2. The van der Waals surface area contributed by atoms with Crippen molar-refractivity contribution in [3.63, 3.8) is 0 Å². The number of hydroxylamine groups is 1. The molecule has 1 saturated heterocycles. The van der Waals surface area contributed by atoms with Crippen LogP contribution in [0.3, 0.4) is 0 Å². The summed E-state index contributed by atoms with van der Waals surface area (Å²) in [6.07, 6.45) is -1.15. The van der Waals surface area contributed by atoms with Gasteiger partial charge >= 0.3 is 5.97 Å². The molecule has 7 heteroatoms. The van der Waals surface area contributed by atoms with Gasteiger partial charge in [-0.3, -0.25) is 9.63 Å². The quantitative estimate of drug-likeness (QED) is 0.531. The highest BCUT2D eigenvalue weighted by atomic mass is 79.9. The summed E-state index contributed by atoms with van der Waals surface area (Å²) in [5.74, 6) is -0.858. The Morgan fingerprint density at radius 1 is 1.06 bits per heavy atom. The predicted molar refractivity (Wildman–Crippen MR) is 124 cm³/mol. The second kappa shape index (κ2) is 8.07. The largest absolute Gasteiger partial charge is 0.464 e. The van der Waals surface area contributed by atoms with Crippen LogP contribution in [0.15, 0.2) is 83.3 Å². The molecule has 1 N–H and O–H groups in total. The molecule has 2 aliphatic heterocycles. The molecule has 3 aromatic carbocycles. The second-order valence-corrected chi connectivity index (χ2v) is 8.64. The number of esters is 1. The summed E-state index contributed by atoms with van der Waals surface area (Å²) >= 11 is 3.48. The number of hydrogen-bond donors (Lipinski definition) is 1. The predicted octanol–water partition coefficient (Wildman–Crippen LogP) is 4.76. The number of halogens is 1. The lowest BCUT2D eigenvalue weighted by Gasteiger charge is -2.33. The van der Waals surface area contributed by atoms with Gasteiger partial charge in [-0.1, -0.05) is 64.5 Å². The first-order valence-corrected chi connectivity index (χ1v) is 11.2. The van der Waals surface area contributed by atoms with Gasteiger partial charge in [-0.25, -0.2) is 9.86 Å². The van der Waals surface area contributed by atoms with Gasteiger partial charge in [0.2, 0.25) is 12.0 Å². The van der Waals surface area contributed by atoms with E-state index in [-0.39, 0.29) is 12.5 Å². The number of rotatable bonds is 4. The van der Waals surface area contributed by atoms with Gasteiger partial charge in [0.1, 0.15) is 11.5 Å². The van der Waals surface area contributed by atoms with Crippen molar-refractivity contribution in [2.45, 2.75) is 24.5 Å². The summed E-state index contributed by atoms with van der Waals surface area (Å²) in [6, 6.07) is 24.1. The average molecular weight is 493 g/mol. The molecule has 0 radical (unpaired) electrons. The normalized spacial score (nSPS) is 23.8. The molecule has 1 fully saturated rings. The summed E-state index contributed by atoms with van der Waals surface area (Å²) in [5.41, 5.74) is 1.65. The number of nitrogens with zero attached hydrogens (tertiary/aromatic N) is 1. The third kappa shape index (κ3) is 3.04. The maximum Gasteiger partial charge on any atom is 0.339 e.